The molecule has 9 heteroatoms. The molecule has 1 saturated heterocycles. The highest BCUT2D eigenvalue weighted by Gasteiger charge is 2.63. The molecular weight excluding hydrogens is 716 g/mol. The first-order valence-corrected chi connectivity index (χ1v) is 22.4. The summed E-state index contributed by atoms with van der Waals surface area (Å²) in [4.78, 5) is 0. The zero-order chi connectivity index (χ0) is 38.1. The molecular formula is C44H51ClO6Si2. The SMILES string of the molecule is CC(C)(C)[Si](O[C@H]1[C@H](O)[C@@H](O[Si](c2ccccc2)(c2ccccc2)C(C)(C)C)[C@@](O)(c2ccc(Cl)cc2)O[C@@H]1CO)(c1ccccc1)c1ccccc1. The van der Waals surface area contributed by atoms with Crippen LogP contribution in [0.1, 0.15) is 47.1 Å². The quantitative estimate of drug-likeness (QED) is 0.149. The lowest BCUT2D eigenvalue weighted by Crippen LogP contribution is -2.76. The number of halogens is 1. The highest BCUT2D eigenvalue weighted by molar-refractivity contribution is 7.00. The van der Waals surface area contributed by atoms with Crippen LogP contribution >= 0.6 is 11.6 Å². The van der Waals surface area contributed by atoms with E-state index in [2.05, 4.69) is 90.1 Å². The Morgan fingerprint density at radius 1 is 0.604 bits per heavy atom. The zero-order valence-corrected chi connectivity index (χ0v) is 34.1. The number of hydrogen-bond donors (Lipinski definition) is 3. The third kappa shape index (κ3) is 7.13. The predicted octanol–water partition coefficient (Wildman–Crippen LogP) is 6.13. The summed E-state index contributed by atoms with van der Waals surface area (Å²) in [6.45, 7) is 12.4. The fraction of sp³-hybridized carbons (Fsp3) is 0.318. The summed E-state index contributed by atoms with van der Waals surface area (Å²) >= 11 is 6.35. The molecule has 5 aromatic rings. The second kappa shape index (κ2) is 15.4. The Morgan fingerprint density at radius 3 is 1.30 bits per heavy atom. The van der Waals surface area contributed by atoms with Gasteiger partial charge in [-0.15, -0.1) is 0 Å². The maximum Gasteiger partial charge on any atom is 0.261 e. The van der Waals surface area contributed by atoms with E-state index in [1.807, 2.05) is 72.8 Å². The molecule has 1 fully saturated rings. The van der Waals surface area contributed by atoms with Crippen LogP contribution in [0.25, 0.3) is 0 Å². The molecule has 5 aromatic carbocycles. The Labute approximate surface area is 321 Å². The first-order chi connectivity index (χ1) is 25.2. The molecule has 278 valence electrons. The minimum Gasteiger partial charge on any atom is -0.399 e. The Kier molecular flexibility index (Phi) is 11.4. The summed E-state index contributed by atoms with van der Waals surface area (Å²) in [6.07, 6.45) is -5.08. The molecule has 3 N–H and O–H groups in total. The van der Waals surface area contributed by atoms with Crippen molar-refractivity contribution in [2.24, 2.45) is 0 Å². The summed E-state index contributed by atoms with van der Waals surface area (Å²) in [5, 5.41) is 40.6. The number of hydrogen-bond acceptors (Lipinski definition) is 6. The standard InChI is InChI=1S/C44H51ClO6Si2/c1-42(2,3)52(34-19-11-7-12-20-34,35-21-13-8-14-22-35)50-40-38(31-46)49-44(48,32-27-29-33(45)30-28-32)41(39(40)47)51-53(43(4,5)6,36-23-15-9-16-24-36)37-25-17-10-18-26-37/h7-30,38-41,46-48H,31H2,1-6H3/t38-,39+,40-,41-,44-/m1/s1. The highest BCUT2D eigenvalue weighted by Crippen LogP contribution is 2.47. The van der Waals surface area contributed by atoms with E-state index in [4.69, 9.17) is 25.2 Å². The van der Waals surface area contributed by atoms with Crippen molar-refractivity contribution in [3.05, 3.63) is 156 Å². The molecule has 0 saturated carbocycles. The largest absolute Gasteiger partial charge is 0.399 e. The van der Waals surface area contributed by atoms with E-state index >= 15 is 0 Å². The van der Waals surface area contributed by atoms with Crippen LogP contribution in [0, 0.1) is 0 Å². The van der Waals surface area contributed by atoms with Crippen LogP contribution in [0.4, 0.5) is 0 Å². The van der Waals surface area contributed by atoms with Crippen molar-refractivity contribution in [3.8, 4) is 0 Å². The van der Waals surface area contributed by atoms with Gasteiger partial charge in [-0.05, 0) is 43.0 Å². The van der Waals surface area contributed by atoms with Crippen LogP contribution in [0.5, 0.6) is 0 Å². The van der Waals surface area contributed by atoms with Crippen LogP contribution in [0.2, 0.25) is 15.1 Å². The number of benzene rings is 5. The van der Waals surface area contributed by atoms with Gasteiger partial charge in [-0.25, -0.2) is 0 Å². The lowest BCUT2D eigenvalue weighted by Gasteiger charge is -2.55. The first kappa shape index (κ1) is 39.3. The third-order valence-corrected chi connectivity index (χ3v) is 20.9. The molecule has 5 atom stereocenters. The molecule has 0 spiro atoms. The molecule has 1 heterocycles. The van der Waals surface area contributed by atoms with Crippen molar-refractivity contribution in [1.82, 2.24) is 0 Å². The molecule has 53 heavy (non-hydrogen) atoms. The summed E-state index contributed by atoms with van der Waals surface area (Å²) in [6, 6.07) is 47.1. The maximum absolute atomic E-state index is 13.0. The normalized spacial score (nSPS) is 22.8. The Balaban J connectivity index is 1.60. The minimum atomic E-state index is -3.43. The summed E-state index contributed by atoms with van der Waals surface area (Å²) in [7, 11) is -6.75. The fourth-order valence-corrected chi connectivity index (χ4v) is 17.7. The van der Waals surface area contributed by atoms with Crippen LogP contribution in [0.3, 0.4) is 0 Å². The second-order valence-electron chi connectivity index (χ2n) is 16.0. The molecule has 0 unspecified atom stereocenters. The van der Waals surface area contributed by atoms with Gasteiger partial charge in [0.2, 0.25) is 5.79 Å². The van der Waals surface area contributed by atoms with Gasteiger partial charge in [0.15, 0.2) is 0 Å². The molecule has 0 aliphatic carbocycles. The topological polar surface area (TPSA) is 88.4 Å². The number of rotatable bonds is 10. The van der Waals surface area contributed by atoms with E-state index in [1.54, 1.807) is 24.3 Å². The Bertz CT molecular complexity index is 1840. The molecule has 6 nitrogen and oxygen atoms in total. The van der Waals surface area contributed by atoms with Gasteiger partial charge in [0.25, 0.3) is 16.6 Å². The van der Waals surface area contributed by atoms with Gasteiger partial charge in [0.1, 0.15) is 24.4 Å². The van der Waals surface area contributed by atoms with Gasteiger partial charge in [0, 0.05) is 10.6 Å². The van der Waals surface area contributed by atoms with Gasteiger partial charge in [-0.2, -0.15) is 0 Å². The van der Waals surface area contributed by atoms with Crippen LogP contribution in [-0.2, 0) is 19.4 Å². The van der Waals surface area contributed by atoms with Gasteiger partial charge in [-0.3, -0.25) is 0 Å². The first-order valence-electron chi connectivity index (χ1n) is 18.2. The van der Waals surface area contributed by atoms with Gasteiger partial charge < -0.3 is 28.9 Å². The second-order valence-corrected chi connectivity index (χ2v) is 24.9. The molecule has 0 amide bonds. The lowest BCUT2D eigenvalue weighted by atomic mass is 9.88. The minimum absolute atomic E-state index is 0.339. The molecule has 1 aliphatic rings. The smallest absolute Gasteiger partial charge is 0.261 e. The molecule has 1 aliphatic heterocycles. The average molecular weight is 768 g/mol. The highest BCUT2D eigenvalue weighted by atomic mass is 35.5. The molecule has 0 radical (unpaired) electrons. The van der Waals surface area contributed by atoms with E-state index in [9.17, 15) is 15.3 Å². The molecule has 0 aromatic heterocycles. The monoisotopic (exact) mass is 766 g/mol. The van der Waals surface area contributed by atoms with E-state index in [0.717, 1.165) is 20.7 Å². The summed E-state index contributed by atoms with van der Waals surface area (Å²) in [5.74, 6) is -2.21. The van der Waals surface area contributed by atoms with E-state index in [1.165, 1.54) is 0 Å². The van der Waals surface area contributed by atoms with Crippen LogP contribution in [-0.4, -0.2) is 63.0 Å². The zero-order valence-electron chi connectivity index (χ0n) is 31.3. The van der Waals surface area contributed by atoms with E-state index < -0.39 is 63.5 Å². The van der Waals surface area contributed by atoms with Crippen molar-refractivity contribution >= 4 is 49.0 Å². The Morgan fingerprint density at radius 2 is 0.962 bits per heavy atom. The van der Waals surface area contributed by atoms with E-state index in [0.29, 0.717) is 10.6 Å². The Hall–Kier alpha value is -3.42. The van der Waals surface area contributed by atoms with Crippen molar-refractivity contribution in [3.63, 3.8) is 0 Å². The maximum atomic E-state index is 13.0. The van der Waals surface area contributed by atoms with Gasteiger partial charge in [0.05, 0.1) is 6.61 Å². The fourth-order valence-electron chi connectivity index (χ4n) is 8.12. The lowest BCUT2D eigenvalue weighted by molar-refractivity contribution is -0.351. The van der Waals surface area contributed by atoms with Crippen molar-refractivity contribution in [1.29, 1.82) is 0 Å². The van der Waals surface area contributed by atoms with E-state index in [-0.39, 0.29) is 0 Å². The average Bonchev–Trinajstić information content (AvgIpc) is 3.15. The van der Waals surface area contributed by atoms with Crippen LogP contribution in [0.15, 0.2) is 146 Å². The summed E-state index contributed by atoms with van der Waals surface area (Å²) < 4.78 is 21.8. The number of ether oxygens (including phenoxy) is 1. The predicted molar refractivity (Wildman–Crippen MR) is 218 cm³/mol. The number of aliphatic hydroxyl groups is 3. The number of aliphatic hydroxyl groups excluding tert-OH is 2. The third-order valence-electron chi connectivity index (χ3n) is 10.6. The molecule has 6 rings (SSSR count). The van der Waals surface area contributed by atoms with Crippen LogP contribution < -0.4 is 20.7 Å². The van der Waals surface area contributed by atoms with Crippen molar-refractivity contribution < 1.29 is 28.9 Å². The summed E-state index contributed by atoms with van der Waals surface area (Å²) in [5.41, 5.74) is 0.339. The van der Waals surface area contributed by atoms with Gasteiger partial charge >= 0.3 is 0 Å². The van der Waals surface area contributed by atoms with Gasteiger partial charge in [-0.1, -0.05) is 187 Å². The van der Waals surface area contributed by atoms with Crippen molar-refractivity contribution in [2.75, 3.05) is 6.61 Å². The van der Waals surface area contributed by atoms with Crippen molar-refractivity contribution in [2.45, 2.75) is 81.8 Å². The molecule has 0 bridgehead atoms.